The summed E-state index contributed by atoms with van der Waals surface area (Å²) in [5.74, 6) is 0. The summed E-state index contributed by atoms with van der Waals surface area (Å²) in [6, 6.07) is 4.97. The number of rotatable bonds is 3. The van der Waals surface area contributed by atoms with Gasteiger partial charge >= 0.3 is 0 Å². The number of sulfonamides is 1. The molecule has 1 fully saturated rings. The molecule has 0 amide bonds. The molecule has 2 rings (SSSR count). The molecule has 1 aliphatic heterocycles. The number of hydrogen-bond acceptors (Lipinski definition) is 4. The molecule has 3 N–H and O–H groups in total. The number of nitrogens with one attached hydrogen (secondary N) is 1. The summed E-state index contributed by atoms with van der Waals surface area (Å²) in [4.78, 5) is 2.47. The lowest BCUT2D eigenvalue weighted by molar-refractivity contribution is 0.325. The first kappa shape index (κ1) is 16.1. The molecule has 0 aromatic heterocycles. The fourth-order valence-corrected chi connectivity index (χ4v) is 3.53. The average Bonchev–Trinajstić information content (AvgIpc) is 2.60. The lowest BCUT2D eigenvalue weighted by Gasteiger charge is -2.26. The van der Waals surface area contributed by atoms with Gasteiger partial charge in [-0.1, -0.05) is 13.8 Å². The fourth-order valence-electron chi connectivity index (χ4n) is 2.77. The quantitative estimate of drug-likeness (QED) is 0.839. The Morgan fingerprint density at radius 3 is 2.57 bits per heavy atom. The number of nitrogen functional groups attached to an aromatic ring is 1. The first-order valence-corrected chi connectivity index (χ1v) is 8.81. The van der Waals surface area contributed by atoms with Crippen molar-refractivity contribution >= 4 is 21.4 Å². The van der Waals surface area contributed by atoms with Gasteiger partial charge in [-0.25, -0.2) is 13.1 Å². The zero-order valence-corrected chi connectivity index (χ0v) is 13.8. The second kappa shape index (κ2) is 5.85. The van der Waals surface area contributed by atoms with E-state index < -0.39 is 10.0 Å². The SMILES string of the molecule is CNS(=O)(=O)c1ccc(N2CCCC(C)(C)CC2)c(N)c1. The molecule has 0 bridgehead atoms. The molecule has 0 radical (unpaired) electrons. The van der Waals surface area contributed by atoms with E-state index in [1.165, 1.54) is 19.5 Å². The highest BCUT2D eigenvalue weighted by atomic mass is 32.2. The van der Waals surface area contributed by atoms with Gasteiger partial charge in [0.2, 0.25) is 10.0 Å². The van der Waals surface area contributed by atoms with Gasteiger partial charge in [0.05, 0.1) is 16.3 Å². The number of benzene rings is 1. The van der Waals surface area contributed by atoms with Gasteiger partial charge in [0.25, 0.3) is 0 Å². The zero-order chi connectivity index (χ0) is 15.7. The Hall–Kier alpha value is -1.27. The molecule has 21 heavy (non-hydrogen) atoms. The van der Waals surface area contributed by atoms with Crippen molar-refractivity contribution in [3.63, 3.8) is 0 Å². The topological polar surface area (TPSA) is 75.4 Å². The third-order valence-corrected chi connectivity index (χ3v) is 5.67. The van der Waals surface area contributed by atoms with Crippen molar-refractivity contribution in [1.82, 2.24) is 4.72 Å². The van der Waals surface area contributed by atoms with Crippen molar-refractivity contribution in [2.45, 2.75) is 38.0 Å². The third kappa shape index (κ3) is 3.68. The van der Waals surface area contributed by atoms with E-state index >= 15 is 0 Å². The lowest BCUT2D eigenvalue weighted by Crippen LogP contribution is -2.26. The van der Waals surface area contributed by atoms with Crippen LogP contribution in [0.4, 0.5) is 11.4 Å². The van der Waals surface area contributed by atoms with Gasteiger partial charge < -0.3 is 10.6 Å². The summed E-state index contributed by atoms with van der Waals surface area (Å²) in [6.07, 6.45) is 3.45. The highest BCUT2D eigenvalue weighted by molar-refractivity contribution is 7.89. The van der Waals surface area contributed by atoms with E-state index in [4.69, 9.17) is 5.73 Å². The van der Waals surface area contributed by atoms with Crippen LogP contribution in [0.1, 0.15) is 33.1 Å². The maximum atomic E-state index is 11.8. The van der Waals surface area contributed by atoms with E-state index in [-0.39, 0.29) is 4.90 Å². The number of hydrogen-bond donors (Lipinski definition) is 2. The summed E-state index contributed by atoms with van der Waals surface area (Å²) in [5.41, 5.74) is 7.90. The predicted molar refractivity (Wildman–Crippen MR) is 86.9 cm³/mol. The Morgan fingerprint density at radius 1 is 1.24 bits per heavy atom. The van der Waals surface area contributed by atoms with Crippen LogP contribution in [-0.2, 0) is 10.0 Å². The van der Waals surface area contributed by atoms with E-state index in [1.807, 2.05) is 6.07 Å². The van der Waals surface area contributed by atoms with Crippen LogP contribution in [0.3, 0.4) is 0 Å². The predicted octanol–water partition coefficient (Wildman–Crippen LogP) is 2.19. The van der Waals surface area contributed by atoms with Gasteiger partial charge in [-0.3, -0.25) is 0 Å². The van der Waals surface area contributed by atoms with Crippen LogP contribution in [0.25, 0.3) is 0 Å². The molecular weight excluding hydrogens is 286 g/mol. The first-order chi connectivity index (χ1) is 9.75. The highest BCUT2D eigenvalue weighted by Gasteiger charge is 2.24. The average molecular weight is 311 g/mol. The monoisotopic (exact) mass is 311 g/mol. The number of nitrogens with two attached hydrogens (primary N) is 1. The minimum Gasteiger partial charge on any atom is -0.397 e. The van der Waals surface area contributed by atoms with Gasteiger partial charge in [-0.2, -0.15) is 0 Å². The molecular formula is C15H25N3O2S. The lowest BCUT2D eigenvalue weighted by atomic mass is 9.85. The van der Waals surface area contributed by atoms with E-state index in [9.17, 15) is 8.42 Å². The zero-order valence-electron chi connectivity index (χ0n) is 13.0. The van der Waals surface area contributed by atoms with Gasteiger partial charge in [0.15, 0.2) is 0 Å². The molecule has 0 unspecified atom stereocenters. The summed E-state index contributed by atoms with van der Waals surface area (Å²) < 4.78 is 25.9. The largest absolute Gasteiger partial charge is 0.397 e. The smallest absolute Gasteiger partial charge is 0.240 e. The van der Waals surface area contributed by atoms with Crippen LogP contribution in [0.2, 0.25) is 0 Å². The Kier molecular flexibility index (Phi) is 4.49. The second-order valence-corrected chi connectivity index (χ2v) is 8.32. The molecule has 118 valence electrons. The maximum absolute atomic E-state index is 11.8. The van der Waals surface area contributed by atoms with E-state index in [1.54, 1.807) is 6.07 Å². The van der Waals surface area contributed by atoms with Crippen molar-refractivity contribution in [1.29, 1.82) is 0 Å². The Morgan fingerprint density at radius 2 is 1.95 bits per heavy atom. The third-order valence-electron chi connectivity index (χ3n) is 4.26. The van der Waals surface area contributed by atoms with Crippen molar-refractivity contribution in [3.05, 3.63) is 18.2 Å². The van der Waals surface area contributed by atoms with E-state index in [0.717, 1.165) is 31.6 Å². The maximum Gasteiger partial charge on any atom is 0.240 e. The number of anilines is 2. The van der Waals surface area contributed by atoms with Gasteiger partial charge in [-0.15, -0.1) is 0 Å². The Labute approximate surface area is 127 Å². The second-order valence-electron chi connectivity index (χ2n) is 6.43. The molecule has 0 spiro atoms. The molecule has 1 heterocycles. The van der Waals surface area contributed by atoms with Crippen LogP contribution < -0.4 is 15.4 Å². The van der Waals surface area contributed by atoms with Crippen LogP contribution in [-0.4, -0.2) is 28.6 Å². The van der Waals surface area contributed by atoms with Crippen LogP contribution in [0, 0.1) is 5.41 Å². The molecule has 1 aromatic carbocycles. The minimum atomic E-state index is -3.44. The van der Waals surface area contributed by atoms with Crippen LogP contribution in [0.15, 0.2) is 23.1 Å². The fraction of sp³-hybridized carbons (Fsp3) is 0.600. The van der Waals surface area contributed by atoms with Crippen molar-refractivity contribution in [3.8, 4) is 0 Å². The normalized spacial score (nSPS) is 19.3. The van der Waals surface area contributed by atoms with Crippen molar-refractivity contribution in [2.75, 3.05) is 30.8 Å². The first-order valence-electron chi connectivity index (χ1n) is 7.33. The minimum absolute atomic E-state index is 0.210. The molecule has 6 heteroatoms. The summed E-state index contributed by atoms with van der Waals surface area (Å²) in [6.45, 7) is 6.51. The summed E-state index contributed by atoms with van der Waals surface area (Å²) in [7, 11) is -2.04. The molecule has 5 nitrogen and oxygen atoms in total. The Balaban J connectivity index is 2.25. The van der Waals surface area contributed by atoms with Gasteiger partial charge in [-0.05, 0) is 49.9 Å². The summed E-state index contributed by atoms with van der Waals surface area (Å²) >= 11 is 0. The van der Waals surface area contributed by atoms with E-state index in [0.29, 0.717) is 11.1 Å². The molecule has 0 saturated carbocycles. The number of nitrogens with zero attached hydrogens (tertiary/aromatic N) is 1. The molecule has 1 aromatic rings. The highest BCUT2D eigenvalue weighted by Crippen LogP contribution is 2.34. The summed E-state index contributed by atoms with van der Waals surface area (Å²) in [5, 5.41) is 0. The van der Waals surface area contributed by atoms with Gasteiger partial charge in [0, 0.05) is 13.1 Å². The molecule has 0 aliphatic carbocycles. The van der Waals surface area contributed by atoms with Gasteiger partial charge in [0.1, 0.15) is 0 Å². The molecule has 1 aliphatic rings. The van der Waals surface area contributed by atoms with E-state index in [2.05, 4.69) is 23.5 Å². The van der Waals surface area contributed by atoms with Crippen LogP contribution >= 0.6 is 0 Å². The molecule has 1 saturated heterocycles. The van der Waals surface area contributed by atoms with Crippen molar-refractivity contribution in [2.24, 2.45) is 5.41 Å². The standard InChI is InChI=1S/C15H25N3O2S/c1-15(2)7-4-9-18(10-8-15)14-6-5-12(11-13(14)16)21(19,20)17-3/h5-6,11,17H,4,7-10,16H2,1-3H3. The van der Waals surface area contributed by atoms with Crippen molar-refractivity contribution < 1.29 is 8.42 Å². The van der Waals surface area contributed by atoms with Crippen LogP contribution in [0.5, 0.6) is 0 Å². The Bertz CT molecular complexity index is 611. The molecule has 0 atom stereocenters.